The second-order valence-electron chi connectivity index (χ2n) is 7.08. The smallest absolute Gasteiger partial charge is 0.407 e. The summed E-state index contributed by atoms with van der Waals surface area (Å²) >= 11 is 0. The minimum Gasteiger partial charge on any atom is -0.450 e. The number of aryl methyl sites for hydroxylation is 1. The van der Waals surface area contributed by atoms with E-state index in [9.17, 15) is 14.0 Å². The monoisotopic (exact) mass is 348 g/mol. The van der Waals surface area contributed by atoms with Gasteiger partial charge in [0.25, 0.3) is 0 Å². The number of nitrogens with one attached hydrogen (secondary N) is 1. The molecule has 3 rings (SSSR count). The zero-order valence-electron chi connectivity index (χ0n) is 14.6. The lowest BCUT2D eigenvalue weighted by Gasteiger charge is -2.35. The number of cyclic esters (lactones) is 1. The van der Waals surface area contributed by atoms with Crippen LogP contribution in [0.2, 0.25) is 0 Å². The molecule has 0 aromatic heterocycles. The summed E-state index contributed by atoms with van der Waals surface area (Å²) in [6.07, 6.45) is 2.89. The van der Waals surface area contributed by atoms with E-state index in [1.807, 2.05) is 17.0 Å². The number of alkyl carbamates (subject to hydrolysis) is 1. The minimum atomic E-state index is -0.451. The molecule has 2 atom stereocenters. The van der Waals surface area contributed by atoms with Crippen molar-refractivity contribution in [3.63, 3.8) is 0 Å². The topological polar surface area (TPSA) is 58.6 Å². The lowest BCUT2D eigenvalue weighted by molar-refractivity contribution is -0.137. The van der Waals surface area contributed by atoms with Crippen molar-refractivity contribution in [3.05, 3.63) is 35.1 Å². The Labute approximate surface area is 147 Å². The molecule has 1 N–H and O–H groups in total. The predicted octanol–water partition coefficient (Wildman–Crippen LogP) is 2.66. The van der Waals surface area contributed by atoms with Crippen LogP contribution in [0.1, 0.15) is 30.4 Å². The highest BCUT2D eigenvalue weighted by Crippen LogP contribution is 2.24. The van der Waals surface area contributed by atoms with Crippen molar-refractivity contribution in [2.24, 2.45) is 11.8 Å². The average molecular weight is 348 g/mol. The fraction of sp³-hybridized carbons (Fsp3) is 0.579. The maximum atomic E-state index is 13.7. The van der Waals surface area contributed by atoms with Gasteiger partial charge in [-0.1, -0.05) is 12.1 Å². The van der Waals surface area contributed by atoms with Gasteiger partial charge in [0.05, 0.1) is 12.5 Å². The van der Waals surface area contributed by atoms with Crippen molar-refractivity contribution >= 4 is 12.0 Å². The fourth-order valence-corrected chi connectivity index (χ4v) is 3.65. The first kappa shape index (κ1) is 17.7. The molecule has 0 aliphatic carbocycles. The Morgan fingerprint density at radius 1 is 1.40 bits per heavy atom. The number of piperidine rings is 1. The predicted molar refractivity (Wildman–Crippen MR) is 91.6 cm³/mol. The molecular weight excluding hydrogens is 323 g/mol. The second-order valence-corrected chi connectivity index (χ2v) is 7.08. The van der Waals surface area contributed by atoms with E-state index in [1.165, 1.54) is 0 Å². The van der Waals surface area contributed by atoms with Gasteiger partial charge in [0.1, 0.15) is 5.82 Å². The fourth-order valence-electron chi connectivity index (χ4n) is 3.65. The number of carbonyl (C=O) groups excluding carboxylic acids is 2. The summed E-state index contributed by atoms with van der Waals surface area (Å²) < 4.78 is 18.7. The second kappa shape index (κ2) is 7.85. The number of hydrogen-bond donors (Lipinski definition) is 1. The Morgan fingerprint density at radius 2 is 2.24 bits per heavy atom. The molecule has 0 bridgehead atoms. The maximum absolute atomic E-state index is 13.7. The van der Waals surface area contributed by atoms with E-state index in [2.05, 4.69) is 5.32 Å². The van der Waals surface area contributed by atoms with E-state index in [1.54, 1.807) is 13.0 Å². The number of benzene rings is 1. The SMILES string of the molecule is Cc1ccc(C[C@@H]2CCCN(C(=O)[C@@H]3CCOC(=O)NC3)C2)cc1F. The number of hydrogen-bond acceptors (Lipinski definition) is 3. The molecule has 0 radical (unpaired) electrons. The molecule has 136 valence electrons. The molecule has 2 saturated heterocycles. The van der Waals surface area contributed by atoms with Gasteiger partial charge in [-0.15, -0.1) is 0 Å². The van der Waals surface area contributed by atoms with Crippen LogP contribution in [0.4, 0.5) is 9.18 Å². The van der Waals surface area contributed by atoms with Crippen molar-refractivity contribution in [1.82, 2.24) is 10.2 Å². The molecule has 1 aromatic carbocycles. The summed E-state index contributed by atoms with van der Waals surface area (Å²) in [4.78, 5) is 25.9. The highest BCUT2D eigenvalue weighted by atomic mass is 19.1. The molecule has 2 aliphatic rings. The average Bonchev–Trinajstić information content (AvgIpc) is 2.82. The van der Waals surface area contributed by atoms with Crippen LogP contribution in [0, 0.1) is 24.6 Å². The van der Waals surface area contributed by atoms with E-state index in [4.69, 9.17) is 4.74 Å². The molecule has 2 heterocycles. The van der Waals surface area contributed by atoms with E-state index in [-0.39, 0.29) is 24.2 Å². The quantitative estimate of drug-likeness (QED) is 0.914. The van der Waals surface area contributed by atoms with Crippen molar-refractivity contribution in [2.75, 3.05) is 26.2 Å². The molecule has 5 nitrogen and oxygen atoms in total. The standard InChI is InChI=1S/C19H25FN2O3/c1-13-4-5-14(10-17(13)20)9-15-3-2-7-22(12-15)18(23)16-6-8-25-19(24)21-11-16/h4-5,10,15-16H,2-3,6-9,11-12H2,1H3,(H,21,24)/t15-,16+/m0/s1. The summed E-state index contributed by atoms with van der Waals surface area (Å²) in [6.45, 7) is 3.82. The molecule has 0 saturated carbocycles. The number of nitrogens with zero attached hydrogens (tertiary/aromatic N) is 1. The Bertz CT molecular complexity index is 650. The summed E-state index contributed by atoms with van der Waals surface area (Å²) in [5.74, 6) is 0.0412. The number of carbonyl (C=O) groups is 2. The zero-order valence-corrected chi connectivity index (χ0v) is 14.6. The van der Waals surface area contributed by atoms with Gasteiger partial charge in [-0.2, -0.15) is 0 Å². The lowest BCUT2D eigenvalue weighted by atomic mass is 9.90. The molecule has 6 heteroatoms. The normalized spacial score (nSPS) is 24.2. The summed E-state index contributed by atoms with van der Waals surface area (Å²) in [5.41, 5.74) is 1.64. The molecule has 2 fully saturated rings. The van der Waals surface area contributed by atoms with Crippen LogP contribution in [0.5, 0.6) is 0 Å². The Hall–Kier alpha value is -2.11. The summed E-state index contributed by atoms with van der Waals surface area (Å²) in [5, 5.41) is 2.63. The Kier molecular flexibility index (Phi) is 5.56. The molecule has 25 heavy (non-hydrogen) atoms. The molecule has 1 aromatic rings. The maximum Gasteiger partial charge on any atom is 0.407 e. The van der Waals surface area contributed by atoms with Crippen LogP contribution in [-0.2, 0) is 16.0 Å². The number of likely N-dealkylation sites (tertiary alicyclic amines) is 1. The van der Waals surface area contributed by atoms with Gasteiger partial charge in [-0.3, -0.25) is 4.79 Å². The first-order chi connectivity index (χ1) is 12.0. The third-order valence-corrected chi connectivity index (χ3v) is 5.13. The van der Waals surface area contributed by atoms with Crippen molar-refractivity contribution in [1.29, 1.82) is 0 Å². The van der Waals surface area contributed by atoms with E-state index in [0.717, 1.165) is 31.4 Å². The van der Waals surface area contributed by atoms with Crippen LogP contribution in [0.15, 0.2) is 18.2 Å². The number of ether oxygens (including phenoxy) is 1. The third-order valence-electron chi connectivity index (χ3n) is 5.13. The van der Waals surface area contributed by atoms with Crippen molar-refractivity contribution in [3.8, 4) is 0 Å². The van der Waals surface area contributed by atoms with Gasteiger partial charge in [0, 0.05) is 19.6 Å². The summed E-state index contributed by atoms with van der Waals surface area (Å²) in [7, 11) is 0. The number of rotatable bonds is 3. The first-order valence-electron chi connectivity index (χ1n) is 8.97. The van der Waals surface area contributed by atoms with Gasteiger partial charge >= 0.3 is 6.09 Å². The number of amides is 2. The zero-order chi connectivity index (χ0) is 17.8. The van der Waals surface area contributed by atoms with E-state index in [0.29, 0.717) is 31.0 Å². The van der Waals surface area contributed by atoms with Crippen LogP contribution in [0.25, 0.3) is 0 Å². The highest BCUT2D eigenvalue weighted by molar-refractivity contribution is 5.80. The van der Waals surface area contributed by atoms with Crippen LogP contribution >= 0.6 is 0 Å². The van der Waals surface area contributed by atoms with Crippen LogP contribution < -0.4 is 5.32 Å². The summed E-state index contributed by atoms with van der Waals surface area (Å²) in [6, 6.07) is 5.39. The van der Waals surface area contributed by atoms with Gasteiger partial charge in [0.2, 0.25) is 5.91 Å². The molecular formula is C19H25FN2O3. The van der Waals surface area contributed by atoms with E-state index < -0.39 is 6.09 Å². The molecule has 0 spiro atoms. The number of halogens is 1. The first-order valence-corrected chi connectivity index (χ1v) is 8.97. The Morgan fingerprint density at radius 3 is 3.04 bits per heavy atom. The van der Waals surface area contributed by atoms with Gasteiger partial charge < -0.3 is 15.0 Å². The highest BCUT2D eigenvalue weighted by Gasteiger charge is 2.30. The van der Waals surface area contributed by atoms with Gasteiger partial charge in [-0.05, 0) is 55.7 Å². The van der Waals surface area contributed by atoms with E-state index >= 15 is 0 Å². The molecule has 0 unspecified atom stereocenters. The van der Waals surface area contributed by atoms with Crippen molar-refractivity contribution in [2.45, 2.75) is 32.6 Å². The largest absolute Gasteiger partial charge is 0.450 e. The van der Waals surface area contributed by atoms with Crippen molar-refractivity contribution < 1.29 is 18.7 Å². The van der Waals surface area contributed by atoms with Gasteiger partial charge in [-0.25, -0.2) is 9.18 Å². The molecule has 2 aliphatic heterocycles. The lowest BCUT2D eigenvalue weighted by Crippen LogP contribution is -2.45. The molecule has 2 amide bonds. The van der Waals surface area contributed by atoms with Gasteiger partial charge in [0.15, 0.2) is 0 Å². The van der Waals surface area contributed by atoms with Crippen LogP contribution in [-0.4, -0.2) is 43.1 Å². The Balaban J connectivity index is 1.59. The third kappa shape index (κ3) is 4.50. The minimum absolute atomic E-state index is 0.0885. The van der Waals surface area contributed by atoms with Crippen LogP contribution in [0.3, 0.4) is 0 Å².